The first kappa shape index (κ1) is 30.5. The van der Waals surface area contributed by atoms with Crippen molar-refractivity contribution < 1.29 is 48.5 Å². The predicted octanol–water partition coefficient (Wildman–Crippen LogP) is 1.46. The maximum atomic E-state index is 13.8. The Bertz CT molecular complexity index is 1240. The normalized spacial score (nSPS) is 39.1. The Kier molecular flexibility index (Phi) is 7.98. The summed E-state index contributed by atoms with van der Waals surface area (Å²) in [5, 5.41) is 21.7. The van der Waals surface area contributed by atoms with Gasteiger partial charge in [-0.25, -0.2) is 4.79 Å². The van der Waals surface area contributed by atoms with Gasteiger partial charge in [0.2, 0.25) is 11.7 Å². The van der Waals surface area contributed by atoms with Gasteiger partial charge in [0.25, 0.3) is 0 Å². The average Bonchev–Trinajstić information content (AvgIpc) is 3.47. The van der Waals surface area contributed by atoms with Crippen LogP contribution in [0, 0.1) is 28.6 Å². The van der Waals surface area contributed by atoms with E-state index in [0.29, 0.717) is 19.3 Å². The molecule has 0 aromatic carbocycles. The van der Waals surface area contributed by atoms with Gasteiger partial charge in [-0.05, 0) is 55.4 Å². The highest BCUT2D eigenvalue weighted by atomic mass is 16.5. The average molecular weight is 588 g/mol. The van der Waals surface area contributed by atoms with Gasteiger partial charge < -0.3 is 24.6 Å². The van der Waals surface area contributed by atoms with Gasteiger partial charge in [0.15, 0.2) is 12.4 Å². The minimum Gasteiger partial charge on any atom is -0.467 e. The molecule has 11 nitrogen and oxygen atoms in total. The van der Waals surface area contributed by atoms with Gasteiger partial charge >= 0.3 is 11.9 Å². The van der Waals surface area contributed by atoms with Crippen molar-refractivity contribution >= 4 is 35.2 Å². The molecule has 1 amide bonds. The van der Waals surface area contributed by atoms with Gasteiger partial charge in [0.05, 0.1) is 19.6 Å². The number of ketones is 3. The van der Waals surface area contributed by atoms with Crippen molar-refractivity contribution in [2.75, 3.05) is 20.3 Å². The topological polar surface area (TPSA) is 165 Å². The highest BCUT2D eigenvalue weighted by Crippen LogP contribution is 2.66. The van der Waals surface area contributed by atoms with Crippen LogP contribution < -0.4 is 0 Å². The molecule has 0 bridgehead atoms. The molecular formula is C31H41NO10. The van der Waals surface area contributed by atoms with Gasteiger partial charge in [0, 0.05) is 43.6 Å². The molecule has 2 N–H and O–H groups in total. The second-order valence-corrected chi connectivity index (χ2v) is 13.4. The van der Waals surface area contributed by atoms with Crippen molar-refractivity contribution in [2.24, 2.45) is 28.6 Å². The van der Waals surface area contributed by atoms with Crippen LogP contribution in [-0.2, 0) is 38.2 Å². The van der Waals surface area contributed by atoms with E-state index in [1.165, 1.54) is 12.0 Å². The highest BCUT2D eigenvalue weighted by molar-refractivity contribution is 5.95. The Hall–Kier alpha value is -2.92. The maximum absolute atomic E-state index is 13.8. The van der Waals surface area contributed by atoms with Gasteiger partial charge in [-0.1, -0.05) is 19.4 Å². The second kappa shape index (κ2) is 11.0. The number of likely N-dealkylation sites (tertiary alicyclic amines) is 1. The number of aliphatic hydroxyl groups excluding tert-OH is 1. The molecule has 1 aliphatic heterocycles. The molecule has 230 valence electrons. The van der Waals surface area contributed by atoms with Crippen LogP contribution in [0.3, 0.4) is 0 Å². The van der Waals surface area contributed by atoms with E-state index in [4.69, 9.17) is 9.47 Å². The zero-order chi connectivity index (χ0) is 30.6. The lowest BCUT2D eigenvalue weighted by Gasteiger charge is -2.57. The molecule has 42 heavy (non-hydrogen) atoms. The largest absolute Gasteiger partial charge is 0.467 e. The van der Waals surface area contributed by atoms with E-state index in [9.17, 15) is 39.0 Å². The van der Waals surface area contributed by atoms with Crippen molar-refractivity contribution in [1.82, 2.24) is 4.90 Å². The molecule has 1 heterocycles. The van der Waals surface area contributed by atoms with Crippen LogP contribution in [0.4, 0.5) is 0 Å². The lowest BCUT2D eigenvalue weighted by Crippen LogP contribution is -2.61. The molecule has 5 aliphatic rings. The number of aliphatic hydroxyl groups is 2. The van der Waals surface area contributed by atoms with Gasteiger partial charge in [0.1, 0.15) is 17.4 Å². The number of amides is 1. The number of ether oxygens (including phenoxy) is 2. The Morgan fingerprint density at radius 1 is 1.07 bits per heavy atom. The van der Waals surface area contributed by atoms with E-state index in [2.05, 4.69) is 6.92 Å². The number of nitrogens with zero attached hydrogens (tertiary/aromatic N) is 1. The van der Waals surface area contributed by atoms with Crippen LogP contribution in [0.25, 0.3) is 0 Å². The first-order valence-electron chi connectivity index (χ1n) is 15.0. The summed E-state index contributed by atoms with van der Waals surface area (Å²) in [5.41, 5.74) is -2.15. The molecule has 11 heteroatoms. The molecular weight excluding hydrogens is 546 g/mol. The fraction of sp³-hybridized carbons (Fsp3) is 0.742. The Balaban J connectivity index is 1.20. The minimum atomic E-state index is -1.83. The minimum absolute atomic E-state index is 0.0000822. The molecule has 0 spiro atoms. The first-order valence-corrected chi connectivity index (χ1v) is 15.0. The van der Waals surface area contributed by atoms with E-state index in [0.717, 1.165) is 18.4 Å². The Labute approximate surface area is 245 Å². The SMILES string of the molecule is COC(=O)[C@@H]1C[C@H](O)CN1C(=O)CCC(=O)OCC(=O)[C@@]1(O)CC[C@@H]2[C@H]3CCC4=CC(=O)CC[C@]4(C)[C@H]3C(=O)C[C@@]21C. The van der Waals surface area contributed by atoms with Crippen LogP contribution >= 0.6 is 0 Å². The Morgan fingerprint density at radius 2 is 1.81 bits per heavy atom. The lowest BCUT2D eigenvalue weighted by atomic mass is 9.46. The quantitative estimate of drug-likeness (QED) is 0.417. The van der Waals surface area contributed by atoms with Crippen molar-refractivity contribution in [3.8, 4) is 0 Å². The summed E-state index contributed by atoms with van der Waals surface area (Å²) in [6, 6.07) is -0.923. The summed E-state index contributed by atoms with van der Waals surface area (Å²) in [5.74, 6) is -2.81. The van der Waals surface area contributed by atoms with Crippen molar-refractivity contribution in [1.29, 1.82) is 0 Å². The summed E-state index contributed by atoms with van der Waals surface area (Å²) < 4.78 is 9.87. The summed E-state index contributed by atoms with van der Waals surface area (Å²) in [6.45, 7) is 3.17. The number of hydrogen-bond acceptors (Lipinski definition) is 10. The van der Waals surface area contributed by atoms with Gasteiger partial charge in [-0.15, -0.1) is 0 Å². The van der Waals surface area contributed by atoms with Crippen molar-refractivity contribution in [3.05, 3.63) is 11.6 Å². The molecule has 0 aromatic rings. The zero-order valence-electron chi connectivity index (χ0n) is 24.6. The summed E-state index contributed by atoms with van der Waals surface area (Å²) in [6.07, 6.45) is 3.58. The van der Waals surface area contributed by atoms with Gasteiger partial charge in [-0.3, -0.25) is 24.0 Å². The van der Waals surface area contributed by atoms with Crippen LogP contribution in [0.2, 0.25) is 0 Å². The number of rotatable bonds is 7. The molecule has 5 rings (SSSR count). The van der Waals surface area contributed by atoms with E-state index >= 15 is 0 Å². The number of β-amino-alcohol motifs (C(OH)–C–C–N with tert-alkyl or cyclic N) is 1. The van der Waals surface area contributed by atoms with E-state index in [1.54, 1.807) is 13.0 Å². The molecule has 4 fully saturated rings. The van der Waals surface area contributed by atoms with Crippen LogP contribution in [-0.4, -0.2) is 88.3 Å². The number of carbonyl (C=O) groups excluding carboxylic acids is 6. The van der Waals surface area contributed by atoms with Crippen molar-refractivity contribution in [3.63, 3.8) is 0 Å². The predicted molar refractivity (Wildman–Crippen MR) is 145 cm³/mol. The zero-order valence-corrected chi connectivity index (χ0v) is 24.6. The number of Topliss-reactive ketones (excluding diaryl/α,β-unsaturated/α-hetero) is 2. The number of methoxy groups -OCH3 is 1. The highest BCUT2D eigenvalue weighted by Gasteiger charge is 2.68. The van der Waals surface area contributed by atoms with Gasteiger partial charge in [-0.2, -0.15) is 0 Å². The van der Waals surface area contributed by atoms with Crippen molar-refractivity contribution in [2.45, 2.75) is 95.8 Å². The summed E-state index contributed by atoms with van der Waals surface area (Å²) in [7, 11) is 1.19. The summed E-state index contributed by atoms with van der Waals surface area (Å²) >= 11 is 0. The van der Waals surface area contributed by atoms with Crippen LogP contribution in [0.15, 0.2) is 11.6 Å². The van der Waals surface area contributed by atoms with Crippen LogP contribution in [0.5, 0.6) is 0 Å². The third-order valence-corrected chi connectivity index (χ3v) is 11.2. The standard InChI is InChI=1S/C31H41NO10/c1-29-10-8-18(33)12-17(29)4-5-20-21-9-11-31(40,30(21,2)14-23(35)27(20)29)24(36)16-42-26(38)7-6-25(37)32-15-19(34)13-22(32)28(39)41-3/h12,19-22,27,34,40H,4-11,13-16H2,1-3H3/t19-,20+,21+,22-,27+,29-,30-,31-/m0/s1. The fourth-order valence-corrected chi connectivity index (χ4v) is 8.98. The number of carbonyl (C=O) groups is 6. The third kappa shape index (κ3) is 4.82. The number of allylic oxidation sites excluding steroid dienone is 1. The molecule has 4 aliphatic carbocycles. The van der Waals surface area contributed by atoms with E-state index < -0.39 is 53.4 Å². The molecule has 0 unspecified atom stereocenters. The molecule has 1 saturated heterocycles. The molecule has 3 saturated carbocycles. The third-order valence-electron chi connectivity index (χ3n) is 11.2. The Morgan fingerprint density at radius 3 is 2.52 bits per heavy atom. The molecule has 8 atom stereocenters. The second-order valence-electron chi connectivity index (χ2n) is 13.4. The van der Waals surface area contributed by atoms with E-state index in [-0.39, 0.29) is 73.4 Å². The smallest absolute Gasteiger partial charge is 0.328 e. The number of fused-ring (bicyclic) bond motifs is 5. The molecule has 0 radical (unpaired) electrons. The fourth-order valence-electron chi connectivity index (χ4n) is 8.98. The first-order chi connectivity index (χ1) is 19.7. The maximum Gasteiger partial charge on any atom is 0.328 e. The molecule has 0 aromatic heterocycles. The van der Waals surface area contributed by atoms with Crippen LogP contribution in [0.1, 0.15) is 78.1 Å². The number of esters is 2. The summed E-state index contributed by atoms with van der Waals surface area (Å²) in [4.78, 5) is 77.5. The van der Waals surface area contributed by atoms with E-state index in [1.807, 2.05) is 0 Å². The lowest BCUT2D eigenvalue weighted by molar-refractivity contribution is -0.174. The number of hydrogen-bond donors (Lipinski definition) is 2. The monoisotopic (exact) mass is 587 g/mol.